The highest BCUT2D eigenvalue weighted by Gasteiger charge is 2.19. The van der Waals surface area contributed by atoms with E-state index in [1.807, 2.05) is 0 Å². The molecule has 0 saturated heterocycles. The van der Waals surface area contributed by atoms with E-state index in [9.17, 15) is 14.4 Å². The molecule has 0 bridgehead atoms. The van der Waals surface area contributed by atoms with Crippen LogP contribution in [0.3, 0.4) is 0 Å². The number of rotatable bonds is 35. The van der Waals surface area contributed by atoms with E-state index in [1.165, 1.54) is 103 Å². The van der Waals surface area contributed by atoms with Crippen molar-refractivity contribution >= 4 is 17.9 Å². The zero-order valence-corrected chi connectivity index (χ0v) is 31.9. The van der Waals surface area contributed by atoms with Crippen molar-refractivity contribution in [2.75, 3.05) is 13.2 Å². The van der Waals surface area contributed by atoms with Crippen molar-refractivity contribution in [3.63, 3.8) is 0 Å². The predicted molar refractivity (Wildman–Crippen MR) is 196 cm³/mol. The van der Waals surface area contributed by atoms with Crippen LogP contribution in [0.2, 0.25) is 0 Å². The SMILES string of the molecule is CCCCCCCCCC(=O)OC[C@@H](COC(=O)CCCCCCCCCCC(C)CC)OC(=O)CCCCCCCCC(C)CC. The summed E-state index contributed by atoms with van der Waals surface area (Å²) in [6.45, 7) is 11.2. The average molecular weight is 667 g/mol. The first-order valence-electron chi connectivity index (χ1n) is 20.3. The Morgan fingerprint density at radius 1 is 0.426 bits per heavy atom. The van der Waals surface area contributed by atoms with Gasteiger partial charge in [0.05, 0.1) is 0 Å². The minimum Gasteiger partial charge on any atom is -0.462 e. The molecule has 0 spiro atoms. The van der Waals surface area contributed by atoms with Gasteiger partial charge in [-0.1, -0.05) is 176 Å². The molecule has 3 atom stereocenters. The lowest BCUT2D eigenvalue weighted by Crippen LogP contribution is -2.30. The second-order valence-electron chi connectivity index (χ2n) is 14.4. The van der Waals surface area contributed by atoms with Crippen LogP contribution in [0.25, 0.3) is 0 Å². The van der Waals surface area contributed by atoms with E-state index in [4.69, 9.17) is 14.2 Å². The molecule has 0 rings (SSSR count). The Morgan fingerprint density at radius 2 is 0.745 bits per heavy atom. The normalized spacial score (nSPS) is 13.2. The minimum absolute atomic E-state index is 0.0673. The van der Waals surface area contributed by atoms with Crippen LogP contribution < -0.4 is 0 Å². The Hall–Kier alpha value is -1.59. The zero-order valence-electron chi connectivity index (χ0n) is 31.9. The van der Waals surface area contributed by atoms with Crippen LogP contribution in [0.5, 0.6) is 0 Å². The van der Waals surface area contributed by atoms with Crippen molar-refractivity contribution in [3.05, 3.63) is 0 Å². The Kier molecular flexibility index (Phi) is 33.1. The summed E-state index contributed by atoms with van der Waals surface area (Å²) in [6.07, 6.45) is 29.5. The van der Waals surface area contributed by atoms with Gasteiger partial charge in [-0.15, -0.1) is 0 Å². The van der Waals surface area contributed by atoms with Gasteiger partial charge in [0.1, 0.15) is 13.2 Å². The van der Waals surface area contributed by atoms with Crippen LogP contribution in [0.1, 0.15) is 214 Å². The number of hydrogen-bond donors (Lipinski definition) is 0. The molecule has 0 aliphatic rings. The third-order valence-corrected chi connectivity index (χ3v) is 9.69. The van der Waals surface area contributed by atoms with Gasteiger partial charge in [0.25, 0.3) is 0 Å². The highest BCUT2D eigenvalue weighted by molar-refractivity contribution is 5.71. The quantitative estimate of drug-likeness (QED) is 0.0380. The van der Waals surface area contributed by atoms with E-state index in [0.717, 1.165) is 69.6 Å². The van der Waals surface area contributed by atoms with Crippen LogP contribution in [0.15, 0.2) is 0 Å². The van der Waals surface area contributed by atoms with E-state index in [-0.39, 0.29) is 31.1 Å². The largest absolute Gasteiger partial charge is 0.462 e. The standard InChI is InChI=1S/C41H78O6/c1-6-9-10-11-14-21-26-31-39(42)45-34-38(47-41(44)33-28-23-18-17-20-25-30-37(5)8-3)35-46-40(43)32-27-22-16-13-12-15-19-24-29-36(4)7-2/h36-38H,6-35H2,1-5H3/t36?,37?,38-/m0/s1. The van der Waals surface area contributed by atoms with E-state index in [0.29, 0.717) is 19.3 Å². The fourth-order valence-electron chi connectivity index (χ4n) is 5.80. The van der Waals surface area contributed by atoms with Crippen LogP contribution in [0.4, 0.5) is 0 Å². The third kappa shape index (κ3) is 32.7. The molecule has 0 aromatic carbocycles. The molecular formula is C41H78O6. The van der Waals surface area contributed by atoms with E-state index < -0.39 is 6.10 Å². The predicted octanol–water partition coefficient (Wildman–Crippen LogP) is 12.2. The lowest BCUT2D eigenvalue weighted by atomic mass is 9.99. The summed E-state index contributed by atoms with van der Waals surface area (Å²) in [5.41, 5.74) is 0. The maximum absolute atomic E-state index is 12.6. The smallest absolute Gasteiger partial charge is 0.306 e. The number of hydrogen-bond acceptors (Lipinski definition) is 6. The summed E-state index contributed by atoms with van der Waals surface area (Å²) in [6, 6.07) is 0. The van der Waals surface area contributed by atoms with Gasteiger partial charge in [-0.25, -0.2) is 0 Å². The highest BCUT2D eigenvalue weighted by Crippen LogP contribution is 2.17. The van der Waals surface area contributed by atoms with E-state index >= 15 is 0 Å². The van der Waals surface area contributed by atoms with Gasteiger partial charge >= 0.3 is 17.9 Å². The summed E-state index contributed by atoms with van der Waals surface area (Å²) in [5.74, 6) is 0.783. The van der Waals surface area contributed by atoms with Crippen molar-refractivity contribution in [1.29, 1.82) is 0 Å². The molecule has 6 heteroatoms. The minimum atomic E-state index is -0.759. The number of esters is 3. The summed E-state index contributed by atoms with van der Waals surface area (Å²) < 4.78 is 16.6. The fraction of sp³-hybridized carbons (Fsp3) is 0.927. The van der Waals surface area contributed by atoms with Crippen molar-refractivity contribution in [2.45, 2.75) is 221 Å². The monoisotopic (exact) mass is 667 g/mol. The van der Waals surface area contributed by atoms with Crippen molar-refractivity contribution in [1.82, 2.24) is 0 Å². The van der Waals surface area contributed by atoms with Crippen LogP contribution >= 0.6 is 0 Å². The molecule has 0 amide bonds. The van der Waals surface area contributed by atoms with Crippen LogP contribution in [0, 0.1) is 11.8 Å². The number of carbonyl (C=O) groups is 3. The summed E-state index contributed by atoms with van der Waals surface area (Å²) in [4.78, 5) is 37.4. The third-order valence-electron chi connectivity index (χ3n) is 9.69. The van der Waals surface area contributed by atoms with E-state index in [1.54, 1.807) is 0 Å². The molecule has 0 aromatic rings. The Labute approximate surface area is 291 Å². The molecule has 0 aromatic heterocycles. The molecule has 0 aliphatic carbocycles. The number of carbonyl (C=O) groups excluding carboxylic acids is 3. The molecule has 0 radical (unpaired) electrons. The molecule has 0 aliphatic heterocycles. The van der Waals surface area contributed by atoms with Crippen LogP contribution in [-0.4, -0.2) is 37.2 Å². The van der Waals surface area contributed by atoms with E-state index in [2.05, 4.69) is 34.6 Å². The maximum Gasteiger partial charge on any atom is 0.306 e. The second-order valence-corrected chi connectivity index (χ2v) is 14.4. The second kappa shape index (κ2) is 34.3. The Balaban J connectivity index is 4.35. The topological polar surface area (TPSA) is 78.9 Å². The molecule has 278 valence electrons. The van der Waals surface area contributed by atoms with Crippen LogP contribution in [-0.2, 0) is 28.6 Å². The summed E-state index contributed by atoms with van der Waals surface area (Å²) >= 11 is 0. The molecule has 47 heavy (non-hydrogen) atoms. The molecule has 0 fully saturated rings. The van der Waals surface area contributed by atoms with Crippen molar-refractivity contribution in [2.24, 2.45) is 11.8 Å². The first kappa shape index (κ1) is 45.4. The lowest BCUT2D eigenvalue weighted by molar-refractivity contribution is -0.167. The number of unbranched alkanes of at least 4 members (excludes halogenated alkanes) is 18. The highest BCUT2D eigenvalue weighted by atomic mass is 16.6. The van der Waals surface area contributed by atoms with Gasteiger partial charge in [0.15, 0.2) is 6.10 Å². The first-order chi connectivity index (χ1) is 22.8. The summed E-state index contributed by atoms with van der Waals surface area (Å²) in [5, 5.41) is 0. The van der Waals surface area contributed by atoms with Gasteiger partial charge in [0.2, 0.25) is 0 Å². The molecule has 0 saturated carbocycles. The molecule has 6 nitrogen and oxygen atoms in total. The van der Waals surface area contributed by atoms with Crippen molar-refractivity contribution < 1.29 is 28.6 Å². The summed E-state index contributed by atoms with van der Waals surface area (Å²) in [7, 11) is 0. The lowest BCUT2D eigenvalue weighted by Gasteiger charge is -2.18. The van der Waals surface area contributed by atoms with Gasteiger partial charge < -0.3 is 14.2 Å². The Morgan fingerprint density at radius 3 is 1.11 bits per heavy atom. The van der Waals surface area contributed by atoms with Gasteiger partial charge in [-0.05, 0) is 31.1 Å². The number of ether oxygens (including phenoxy) is 3. The first-order valence-corrected chi connectivity index (χ1v) is 20.3. The molecule has 0 N–H and O–H groups in total. The zero-order chi connectivity index (χ0) is 34.8. The van der Waals surface area contributed by atoms with Gasteiger partial charge in [0, 0.05) is 19.3 Å². The molecule has 2 unspecified atom stereocenters. The van der Waals surface area contributed by atoms with Gasteiger partial charge in [-0.2, -0.15) is 0 Å². The van der Waals surface area contributed by atoms with Gasteiger partial charge in [-0.3, -0.25) is 14.4 Å². The molecular weight excluding hydrogens is 588 g/mol. The fourth-order valence-corrected chi connectivity index (χ4v) is 5.80. The van der Waals surface area contributed by atoms with Crippen molar-refractivity contribution in [3.8, 4) is 0 Å². The average Bonchev–Trinajstić information content (AvgIpc) is 3.07. The Bertz CT molecular complexity index is 723. The molecule has 0 heterocycles. The maximum atomic E-state index is 12.6.